The number of aromatic amines is 1. The van der Waals surface area contributed by atoms with Crippen molar-refractivity contribution in [1.29, 1.82) is 0 Å². The zero-order valence-corrected chi connectivity index (χ0v) is 14.4. The van der Waals surface area contributed by atoms with E-state index in [0.29, 0.717) is 23.3 Å². The number of rotatable bonds is 6. The Hall–Kier alpha value is -1.24. The third kappa shape index (κ3) is 3.94. The fourth-order valence-corrected chi connectivity index (χ4v) is 4.66. The Kier molecular flexibility index (Phi) is 5.36. The number of H-pyrrole nitrogens is 1. The molecule has 1 N–H and O–H groups in total. The lowest BCUT2D eigenvalue weighted by atomic mass is 9.83. The molecule has 0 radical (unpaired) electrons. The highest BCUT2D eigenvalue weighted by molar-refractivity contribution is 7.91. The molecule has 0 atom stereocenters. The molecule has 0 bridgehead atoms. The van der Waals surface area contributed by atoms with E-state index in [-0.39, 0.29) is 5.75 Å². The van der Waals surface area contributed by atoms with Gasteiger partial charge in [-0.1, -0.05) is 6.92 Å². The van der Waals surface area contributed by atoms with E-state index >= 15 is 0 Å². The number of hydrogen-bond acceptors (Lipinski definition) is 4. The number of nitrogens with zero attached hydrogens (tertiary/aromatic N) is 2. The maximum absolute atomic E-state index is 11.7. The number of aryl methyl sites for hydroxylation is 1. The summed E-state index contributed by atoms with van der Waals surface area (Å²) in [5.41, 5.74) is 2.18. The lowest BCUT2D eigenvalue weighted by Crippen LogP contribution is -2.42. The number of aromatic nitrogens is 2. The van der Waals surface area contributed by atoms with Crippen LogP contribution in [0.2, 0.25) is 0 Å². The molecule has 7 heteroatoms. The number of nitrogens with one attached hydrogen (secondary N) is 1. The standard InChI is InChI=1S/C15H25N3O3S/c1-4-22(20,21)10-14-7-5-13(6-8-14)9-18-12(3)15(17-19)11(2)16-18/h13-14H,4-10H2,1-3H3/p+1. The minimum absolute atomic E-state index is 0.241. The predicted octanol–water partition coefficient (Wildman–Crippen LogP) is 2.56. The summed E-state index contributed by atoms with van der Waals surface area (Å²) in [5, 5.41) is 6.27. The number of nitroso groups, excluding NO2 is 1. The van der Waals surface area contributed by atoms with Gasteiger partial charge in [0.2, 0.25) is 11.4 Å². The van der Waals surface area contributed by atoms with Crippen LogP contribution in [0.25, 0.3) is 0 Å². The minimum Gasteiger partial charge on any atom is -0.229 e. The Morgan fingerprint density at radius 2 is 1.77 bits per heavy atom. The van der Waals surface area contributed by atoms with E-state index in [9.17, 15) is 13.3 Å². The van der Waals surface area contributed by atoms with Crippen LogP contribution in [0, 0.1) is 30.6 Å². The molecular formula is C15H26N3O3S+. The fraction of sp³-hybridized carbons (Fsp3) is 0.800. The average Bonchev–Trinajstić information content (AvgIpc) is 2.75. The monoisotopic (exact) mass is 328 g/mol. The van der Waals surface area contributed by atoms with Crippen LogP contribution < -0.4 is 4.68 Å². The molecule has 1 fully saturated rings. The average molecular weight is 328 g/mol. The van der Waals surface area contributed by atoms with Crippen LogP contribution in [0.5, 0.6) is 0 Å². The summed E-state index contributed by atoms with van der Waals surface area (Å²) in [7, 11) is -2.87. The summed E-state index contributed by atoms with van der Waals surface area (Å²) in [6, 6.07) is 0. The van der Waals surface area contributed by atoms with Crippen molar-refractivity contribution in [2.24, 2.45) is 17.0 Å². The largest absolute Gasteiger partial charge is 0.234 e. The highest BCUT2D eigenvalue weighted by Gasteiger charge is 2.29. The van der Waals surface area contributed by atoms with Gasteiger partial charge < -0.3 is 0 Å². The van der Waals surface area contributed by atoms with Gasteiger partial charge in [0.1, 0.15) is 15.5 Å². The van der Waals surface area contributed by atoms with Gasteiger partial charge in [-0.15, -0.1) is 9.59 Å². The molecule has 1 aromatic rings. The van der Waals surface area contributed by atoms with E-state index in [1.807, 2.05) is 18.5 Å². The number of hydrogen-bond donors (Lipinski definition) is 1. The molecule has 0 aliphatic heterocycles. The minimum atomic E-state index is -2.87. The first-order valence-electron chi connectivity index (χ1n) is 7.99. The van der Waals surface area contributed by atoms with Crippen LogP contribution in [0.1, 0.15) is 44.0 Å². The van der Waals surface area contributed by atoms with Gasteiger partial charge in [0.15, 0.2) is 6.54 Å². The zero-order chi connectivity index (χ0) is 16.3. The molecule has 0 amide bonds. The maximum Gasteiger partial charge on any atom is 0.234 e. The van der Waals surface area contributed by atoms with Crippen molar-refractivity contribution in [3.63, 3.8) is 0 Å². The molecule has 0 aromatic carbocycles. The Balaban J connectivity index is 1.92. The van der Waals surface area contributed by atoms with Crippen LogP contribution in [-0.4, -0.2) is 25.0 Å². The van der Waals surface area contributed by atoms with Gasteiger partial charge in [-0.2, -0.15) is 5.10 Å². The third-order valence-corrected chi connectivity index (χ3v) is 6.69. The molecule has 1 saturated carbocycles. The summed E-state index contributed by atoms with van der Waals surface area (Å²) in [4.78, 5) is 10.8. The molecule has 0 spiro atoms. The third-order valence-electron chi connectivity index (χ3n) is 4.83. The van der Waals surface area contributed by atoms with Crippen molar-refractivity contribution in [2.75, 3.05) is 11.5 Å². The van der Waals surface area contributed by atoms with Crippen molar-refractivity contribution < 1.29 is 13.1 Å². The summed E-state index contributed by atoms with van der Waals surface area (Å²) in [5.74, 6) is 1.42. The first-order chi connectivity index (χ1) is 10.4. The second-order valence-corrected chi connectivity index (χ2v) is 8.86. The topological polar surface area (TPSA) is 83.2 Å². The lowest BCUT2D eigenvalue weighted by molar-refractivity contribution is -0.761. The molecule has 1 aliphatic carbocycles. The van der Waals surface area contributed by atoms with Gasteiger partial charge in [0.05, 0.1) is 5.75 Å². The normalized spacial score (nSPS) is 22.7. The number of sulfone groups is 1. The van der Waals surface area contributed by atoms with Crippen molar-refractivity contribution in [3.8, 4) is 0 Å². The maximum atomic E-state index is 11.7. The Morgan fingerprint density at radius 3 is 2.27 bits per heavy atom. The second-order valence-electron chi connectivity index (χ2n) is 6.46. The molecule has 2 rings (SSSR count). The fourth-order valence-electron chi connectivity index (χ4n) is 3.37. The molecule has 0 saturated heterocycles. The van der Waals surface area contributed by atoms with Gasteiger partial charge in [0, 0.05) is 18.6 Å². The Labute approximate surface area is 132 Å². The Bertz CT molecular complexity index is 629. The first kappa shape index (κ1) is 17.1. The lowest BCUT2D eigenvalue weighted by Gasteiger charge is -2.26. The van der Waals surface area contributed by atoms with E-state index in [1.54, 1.807) is 6.92 Å². The quantitative estimate of drug-likeness (QED) is 0.643. The second kappa shape index (κ2) is 6.89. The first-order valence-corrected chi connectivity index (χ1v) is 9.81. The van der Waals surface area contributed by atoms with Crippen LogP contribution in [0.4, 0.5) is 5.69 Å². The van der Waals surface area contributed by atoms with Crippen LogP contribution >= 0.6 is 0 Å². The molecule has 1 heterocycles. The molecule has 1 aromatic heterocycles. The molecule has 22 heavy (non-hydrogen) atoms. The van der Waals surface area contributed by atoms with Gasteiger partial charge in [-0.3, -0.25) is 0 Å². The summed E-state index contributed by atoms with van der Waals surface area (Å²) < 4.78 is 25.4. The van der Waals surface area contributed by atoms with Crippen molar-refractivity contribution in [3.05, 3.63) is 16.3 Å². The summed E-state index contributed by atoms with van der Waals surface area (Å²) >= 11 is 0. The van der Waals surface area contributed by atoms with Gasteiger partial charge in [-0.25, -0.2) is 8.42 Å². The van der Waals surface area contributed by atoms with Crippen molar-refractivity contribution in [2.45, 2.75) is 53.0 Å². The zero-order valence-electron chi connectivity index (χ0n) is 13.6. The highest BCUT2D eigenvalue weighted by atomic mass is 32.2. The van der Waals surface area contributed by atoms with Crippen LogP contribution in [0.3, 0.4) is 0 Å². The summed E-state index contributed by atoms with van der Waals surface area (Å²) in [6.07, 6.45) is 4.03. The smallest absolute Gasteiger partial charge is 0.229 e. The molecule has 6 nitrogen and oxygen atoms in total. The molecule has 1 aliphatic rings. The molecule has 124 valence electrons. The van der Waals surface area contributed by atoms with Gasteiger partial charge >= 0.3 is 0 Å². The summed E-state index contributed by atoms with van der Waals surface area (Å²) in [6.45, 7) is 6.31. The SMILES string of the molecule is CCS(=O)(=O)CC1CCC(C[n+]2[nH]c(C)c(N=O)c2C)CC1. The van der Waals surface area contributed by atoms with E-state index in [4.69, 9.17) is 0 Å². The molecular weight excluding hydrogens is 302 g/mol. The van der Waals surface area contributed by atoms with Crippen LogP contribution in [0.15, 0.2) is 5.18 Å². The van der Waals surface area contributed by atoms with E-state index < -0.39 is 9.84 Å². The Morgan fingerprint density at radius 1 is 1.18 bits per heavy atom. The van der Waals surface area contributed by atoms with Crippen LogP contribution in [-0.2, 0) is 16.4 Å². The van der Waals surface area contributed by atoms with Crippen molar-refractivity contribution >= 4 is 15.5 Å². The van der Waals surface area contributed by atoms with E-state index in [2.05, 4.69) is 10.3 Å². The highest BCUT2D eigenvalue weighted by Crippen LogP contribution is 2.30. The van der Waals surface area contributed by atoms with Gasteiger partial charge in [0.25, 0.3) is 0 Å². The van der Waals surface area contributed by atoms with E-state index in [0.717, 1.165) is 43.6 Å². The predicted molar refractivity (Wildman–Crippen MR) is 85.7 cm³/mol. The molecule has 0 unspecified atom stereocenters. The van der Waals surface area contributed by atoms with E-state index in [1.165, 1.54) is 0 Å². The van der Waals surface area contributed by atoms with Gasteiger partial charge in [-0.05, 0) is 43.7 Å². The van der Waals surface area contributed by atoms with Crippen molar-refractivity contribution in [1.82, 2.24) is 5.10 Å².